The third kappa shape index (κ3) is 2.24. The fraction of sp³-hybridized carbons (Fsp3) is 0.400. The first-order valence-corrected chi connectivity index (χ1v) is 4.59. The van der Waals surface area contributed by atoms with Crippen LogP contribution in [-0.4, -0.2) is 15.1 Å². The van der Waals surface area contributed by atoms with Gasteiger partial charge in [-0.3, -0.25) is 10.1 Å². The maximum Gasteiger partial charge on any atom is 0.311 e. The zero-order valence-electron chi connectivity index (χ0n) is 8.54. The number of aromatic hydroxyl groups is 1. The lowest BCUT2D eigenvalue weighted by Crippen LogP contribution is -2.06. The predicted molar refractivity (Wildman–Crippen MR) is 54.6 cm³/mol. The van der Waals surface area contributed by atoms with E-state index in [-0.39, 0.29) is 17.2 Å². The number of phenolic OH excluding ortho intramolecular Hbond substituents is 1. The summed E-state index contributed by atoms with van der Waals surface area (Å²) in [4.78, 5) is 9.86. The normalized spacial score (nSPS) is 12.8. The second-order valence-electron chi connectivity index (χ2n) is 3.66. The number of aliphatic hydroxyl groups excluding tert-OH is 1. The van der Waals surface area contributed by atoms with E-state index in [1.165, 1.54) is 18.2 Å². The number of phenols is 1. The molecule has 2 N–H and O–H groups in total. The lowest BCUT2D eigenvalue weighted by molar-refractivity contribution is -0.386. The van der Waals surface area contributed by atoms with Crippen molar-refractivity contribution in [1.29, 1.82) is 0 Å². The van der Waals surface area contributed by atoms with Gasteiger partial charge >= 0.3 is 5.69 Å². The SMILES string of the molecule is CC(C)C(O)c1cccc([N+](=O)[O-])c1O. The molecule has 1 aromatic carbocycles. The van der Waals surface area contributed by atoms with E-state index < -0.39 is 16.8 Å². The highest BCUT2D eigenvalue weighted by atomic mass is 16.6. The number of nitro groups is 1. The van der Waals surface area contributed by atoms with E-state index >= 15 is 0 Å². The van der Waals surface area contributed by atoms with Gasteiger partial charge in [-0.2, -0.15) is 0 Å². The Hall–Kier alpha value is -1.62. The summed E-state index contributed by atoms with van der Waals surface area (Å²) in [6, 6.07) is 4.12. The molecule has 0 fully saturated rings. The van der Waals surface area contributed by atoms with Crippen molar-refractivity contribution in [2.75, 3.05) is 0 Å². The van der Waals surface area contributed by atoms with Crippen molar-refractivity contribution in [3.8, 4) is 5.75 Å². The van der Waals surface area contributed by atoms with Gasteiger partial charge in [0.1, 0.15) is 0 Å². The quantitative estimate of drug-likeness (QED) is 0.591. The van der Waals surface area contributed by atoms with E-state index in [1.54, 1.807) is 13.8 Å². The van der Waals surface area contributed by atoms with Crippen molar-refractivity contribution in [1.82, 2.24) is 0 Å². The largest absolute Gasteiger partial charge is 0.502 e. The molecule has 0 saturated carbocycles. The average molecular weight is 211 g/mol. The maximum absolute atomic E-state index is 10.5. The molecule has 0 aromatic heterocycles. The summed E-state index contributed by atoms with van der Waals surface area (Å²) in [6.07, 6.45) is -0.898. The zero-order chi connectivity index (χ0) is 11.6. The van der Waals surface area contributed by atoms with Gasteiger partial charge in [-0.05, 0) is 5.92 Å². The first-order chi connectivity index (χ1) is 6.95. The fourth-order valence-corrected chi connectivity index (χ4v) is 1.29. The van der Waals surface area contributed by atoms with Gasteiger partial charge in [0, 0.05) is 11.6 Å². The van der Waals surface area contributed by atoms with Crippen LogP contribution >= 0.6 is 0 Å². The molecule has 82 valence electrons. The van der Waals surface area contributed by atoms with Crippen LogP contribution in [0.3, 0.4) is 0 Å². The molecule has 0 saturated heterocycles. The van der Waals surface area contributed by atoms with Crippen LogP contribution in [0.4, 0.5) is 5.69 Å². The number of aliphatic hydroxyl groups is 1. The molecule has 0 aliphatic rings. The van der Waals surface area contributed by atoms with E-state index in [9.17, 15) is 20.3 Å². The molecule has 15 heavy (non-hydrogen) atoms. The number of para-hydroxylation sites is 1. The van der Waals surface area contributed by atoms with Crippen LogP contribution < -0.4 is 0 Å². The Bertz CT molecular complexity index is 376. The van der Waals surface area contributed by atoms with Crippen molar-refractivity contribution in [2.24, 2.45) is 5.92 Å². The van der Waals surface area contributed by atoms with Crippen LogP contribution in [0.15, 0.2) is 18.2 Å². The molecular formula is C10H13NO4. The van der Waals surface area contributed by atoms with Crippen LogP contribution in [-0.2, 0) is 0 Å². The second-order valence-corrected chi connectivity index (χ2v) is 3.66. The molecule has 5 heteroatoms. The summed E-state index contributed by atoms with van der Waals surface area (Å²) < 4.78 is 0. The minimum absolute atomic E-state index is 0.113. The molecule has 1 unspecified atom stereocenters. The van der Waals surface area contributed by atoms with Crippen molar-refractivity contribution in [3.63, 3.8) is 0 Å². The number of rotatable bonds is 3. The van der Waals surface area contributed by atoms with Crippen molar-refractivity contribution in [3.05, 3.63) is 33.9 Å². The summed E-state index contributed by atoms with van der Waals surface area (Å²) in [6.45, 7) is 3.53. The fourth-order valence-electron chi connectivity index (χ4n) is 1.29. The maximum atomic E-state index is 10.5. The van der Waals surface area contributed by atoms with Gasteiger partial charge in [0.2, 0.25) is 0 Å². The lowest BCUT2D eigenvalue weighted by atomic mass is 9.98. The summed E-state index contributed by atoms with van der Waals surface area (Å²) >= 11 is 0. The highest BCUT2D eigenvalue weighted by molar-refractivity contribution is 5.51. The van der Waals surface area contributed by atoms with E-state index in [2.05, 4.69) is 0 Å². The van der Waals surface area contributed by atoms with Crippen LogP contribution in [0.5, 0.6) is 5.75 Å². The summed E-state index contributed by atoms with van der Waals surface area (Å²) in [7, 11) is 0. The Morgan fingerprint density at radius 2 is 2.00 bits per heavy atom. The molecule has 0 spiro atoms. The molecule has 0 aliphatic carbocycles. The van der Waals surface area contributed by atoms with Gasteiger partial charge in [-0.1, -0.05) is 26.0 Å². The standard InChI is InChI=1S/C10H13NO4/c1-6(2)9(12)7-4-3-5-8(10(7)13)11(14)15/h3-6,9,12-13H,1-2H3. The number of benzene rings is 1. The number of hydrogen-bond acceptors (Lipinski definition) is 4. The first-order valence-electron chi connectivity index (χ1n) is 4.59. The molecule has 0 aliphatic heterocycles. The Labute approximate surface area is 87.1 Å². The smallest absolute Gasteiger partial charge is 0.311 e. The average Bonchev–Trinajstić information content (AvgIpc) is 2.16. The van der Waals surface area contributed by atoms with Gasteiger partial charge in [0.05, 0.1) is 11.0 Å². The van der Waals surface area contributed by atoms with Gasteiger partial charge in [0.15, 0.2) is 5.75 Å². The lowest BCUT2D eigenvalue weighted by Gasteiger charge is -2.15. The topological polar surface area (TPSA) is 83.6 Å². The third-order valence-corrected chi connectivity index (χ3v) is 2.19. The molecule has 0 bridgehead atoms. The number of nitro benzene ring substituents is 1. The summed E-state index contributed by atoms with van der Waals surface area (Å²) in [5.74, 6) is -0.568. The summed E-state index contributed by atoms with van der Waals surface area (Å²) in [5, 5.41) is 29.8. The van der Waals surface area contributed by atoms with Crippen LogP contribution in [0.2, 0.25) is 0 Å². The minimum Gasteiger partial charge on any atom is -0.502 e. The highest BCUT2D eigenvalue weighted by Crippen LogP contribution is 2.35. The Morgan fingerprint density at radius 1 is 1.40 bits per heavy atom. The van der Waals surface area contributed by atoms with Crippen molar-refractivity contribution in [2.45, 2.75) is 20.0 Å². The molecule has 1 aromatic rings. The van der Waals surface area contributed by atoms with Gasteiger partial charge < -0.3 is 10.2 Å². The van der Waals surface area contributed by atoms with Crippen molar-refractivity contribution >= 4 is 5.69 Å². The third-order valence-electron chi connectivity index (χ3n) is 2.19. The van der Waals surface area contributed by atoms with E-state index in [1.807, 2.05) is 0 Å². The van der Waals surface area contributed by atoms with Crippen molar-refractivity contribution < 1.29 is 15.1 Å². The molecule has 5 nitrogen and oxygen atoms in total. The number of hydrogen-bond donors (Lipinski definition) is 2. The number of nitrogens with zero attached hydrogens (tertiary/aromatic N) is 1. The monoisotopic (exact) mass is 211 g/mol. The predicted octanol–water partition coefficient (Wildman–Crippen LogP) is 1.99. The van der Waals surface area contributed by atoms with Gasteiger partial charge in [0.25, 0.3) is 0 Å². The van der Waals surface area contributed by atoms with E-state index in [4.69, 9.17) is 0 Å². The molecule has 0 amide bonds. The Morgan fingerprint density at radius 3 is 2.47 bits per heavy atom. The zero-order valence-corrected chi connectivity index (χ0v) is 8.54. The Balaban J connectivity index is 3.21. The van der Waals surface area contributed by atoms with Crippen LogP contribution in [0.1, 0.15) is 25.5 Å². The van der Waals surface area contributed by atoms with Crippen LogP contribution in [0, 0.1) is 16.0 Å². The summed E-state index contributed by atoms with van der Waals surface area (Å²) in [5.41, 5.74) is -0.189. The molecule has 1 rings (SSSR count). The minimum atomic E-state index is -0.898. The van der Waals surface area contributed by atoms with Gasteiger partial charge in [-0.15, -0.1) is 0 Å². The van der Waals surface area contributed by atoms with Gasteiger partial charge in [-0.25, -0.2) is 0 Å². The highest BCUT2D eigenvalue weighted by Gasteiger charge is 2.22. The second kappa shape index (κ2) is 4.27. The molecular weight excluding hydrogens is 198 g/mol. The van der Waals surface area contributed by atoms with E-state index in [0.717, 1.165) is 0 Å². The Kier molecular flexibility index (Phi) is 3.26. The first kappa shape index (κ1) is 11.5. The van der Waals surface area contributed by atoms with E-state index in [0.29, 0.717) is 0 Å². The molecule has 0 heterocycles. The van der Waals surface area contributed by atoms with Crippen LogP contribution in [0.25, 0.3) is 0 Å². The molecule has 0 radical (unpaired) electrons. The molecule has 1 atom stereocenters.